The van der Waals surface area contributed by atoms with Crippen LogP contribution in [0.2, 0.25) is 0 Å². The summed E-state index contributed by atoms with van der Waals surface area (Å²) < 4.78 is 64.5. The van der Waals surface area contributed by atoms with Crippen LogP contribution in [0.25, 0.3) is 0 Å². The first-order valence-electron chi connectivity index (χ1n) is 15.8. The summed E-state index contributed by atoms with van der Waals surface area (Å²) in [4.78, 5) is 24.9. The fourth-order valence-corrected chi connectivity index (χ4v) is 8.95. The fourth-order valence-electron chi connectivity index (χ4n) is 6.06. The molecule has 4 aliphatic rings. The van der Waals surface area contributed by atoms with Crippen molar-refractivity contribution in [3.8, 4) is 0 Å². The van der Waals surface area contributed by atoms with Gasteiger partial charge in [0, 0.05) is 41.3 Å². The fraction of sp³-hybridized carbons (Fsp3) is 1.00. The van der Waals surface area contributed by atoms with Gasteiger partial charge in [-0.15, -0.1) is 0 Å². The molecule has 4 aliphatic heterocycles. The third-order valence-electron chi connectivity index (χ3n) is 8.46. The van der Waals surface area contributed by atoms with Gasteiger partial charge in [-0.3, -0.25) is 0 Å². The van der Waals surface area contributed by atoms with Crippen molar-refractivity contribution in [3.05, 3.63) is 0 Å². The van der Waals surface area contributed by atoms with Gasteiger partial charge in [-0.2, -0.15) is 0 Å². The Morgan fingerprint density at radius 3 is 1.56 bits per heavy atom. The molecule has 0 aromatic rings. The lowest BCUT2D eigenvalue weighted by Gasteiger charge is -2.34. The van der Waals surface area contributed by atoms with Crippen molar-refractivity contribution in [2.75, 3.05) is 54.9 Å². The minimum absolute atomic E-state index is 0.00652. The van der Waals surface area contributed by atoms with Crippen LogP contribution in [0.15, 0.2) is 0 Å². The first-order chi connectivity index (χ1) is 22.5. The topological polar surface area (TPSA) is 197 Å². The molecular formula is C28H52O16P2S2-2. The highest BCUT2D eigenvalue weighted by Gasteiger charge is 2.45. The van der Waals surface area contributed by atoms with Crippen molar-refractivity contribution in [2.45, 2.75) is 126 Å². The standard InChI is InChI=1S/C14H27O9PS.C14H27O7PS/c1-7-11(15)13(19-4)10(22-7)6-20-24(17,25)23-14-9(5-18-3)21-8(2)12(14)16;1-9-5-11(17-4)14(20-9)8-18-22(15,23)21-12-6-10(2)19-13(12)7-16-3/h7-16H,5-6H2,1-4H3,(H,17,25);9-14H,5-8H2,1-4H3,(H,15,23)/p-2/t7-,8-,9+,10+,11?,12?,13-,14-,24?;9-,10-,11+,12+,13+,14+,22?/m00/s1. The quantitative estimate of drug-likeness (QED) is 0.198. The summed E-state index contributed by atoms with van der Waals surface area (Å²) in [7, 11) is 6.12. The molecule has 0 amide bonds. The van der Waals surface area contributed by atoms with Crippen molar-refractivity contribution >= 4 is 37.1 Å². The molecule has 0 aliphatic carbocycles. The third-order valence-corrected chi connectivity index (χ3v) is 11.6. The second kappa shape index (κ2) is 19.7. The second-order valence-corrected chi connectivity index (χ2v) is 17.7. The molecule has 4 saturated heterocycles. The first-order valence-corrected chi connectivity index (χ1v) is 20.9. The molecule has 16 atom stereocenters. The van der Waals surface area contributed by atoms with Crippen LogP contribution in [0.1, 0.15) is 40.5 Å². The average molecular weight is 771 g/mol. The largest absolute Gasteiger partial charge is 0.780 e. The number of rotatable bonds is 16. The molecule has 48 heavy (non-hydrogen) atoms. The zero-order chi connectivity index (χ0) is 35.8. The molecular weight excluding hydrogens is 718 g/mol. The number of aliphatic hydroxyl groups excluding tert-OH is 2. The summed E-state index contributed by atoms with van der Waals surface area (Å²) in [6, 6.07) is 0. The molecule has 0 saturated carbocycles. The maximum Gasteiger partial charge on any atom is 0.121 e. The van der Waals surface area contributed by atoms with Gasteiger partial charge in [-0.1, -0.05) is 23.6 Å². The predicted octanol–water partition coefficient (Wildman–Crippen LogP) is -0.0800. The molecule has 0 aromatic heterocycles. The van der Waals surface area contributed by atoms with Gasteiger partial charge in [-0.25, -0.2) is 0 Å². The Balaban J connectivity index is 0.000000261. The van der Waals surface area contributed by atoms with E-state index in [2.05, 4.69) is 0 Å². The third kappa shape index (κ3) is 12.4. The van der Waals surface area contributed by atoms with Gasteiger partial charge in [0.2, 0.25) is 0 Å². The molecule has 4 rings (SSSR count). The van der Waals surface area contributed by atoms with Gasteiger partial charge in [0.1, 0.15) is 62.3 Å². The molecule has 4 fully saturated rings. The number of hydrogen-bond acceptors (Lipinski definition) is 18. The summed E-state index contributed by atoms with van der Waals surface area (Å²) in [5, 5.41) is 20.1. The highest BCUT2D eigenvalue weighted by atomic mass is 32.5. The highest BCUT2D eigenvalue weighted by molar-refractivity contribution is 8.06. The zero-order valence-electron chi connectivity index (χ0n) is 28.6. The van der Waals surface area contributed by atoms with E-state index in [1.807, 2.05) is 13.8 Å². The van der Waals surface area contributed by atoms with Gasteiger partial charge >= 0.3 is 0 Å². The summed E-state index contributed by atoms with van der Waals surface area (Å²) in [6.45, 7) is 0.136. The van der Waals surface area contributed by atoms with Crippen LogP contribution in [-0.2, 0) is 79.6 Å². The summed E-state index contributed by atoms with van der Waals surface area (Å²) in [5.41, 5.74) is 0. The normalized spacial score (nSPS) is 42.3. The predicted molar refractivity (Wildman–Crippen MR) is 174 cm³/mol. The Kier molecular flexibility index (Phi) is 17.6. The van der Waals surface area contributed by atoms with Crippen LogP contribution in [0, 0.1) is 0 Å². The lowest BCUT2D eigenvalue weighted by molar-refractivity contribution is -0.218. The Hall–Kier alpha value is 0.660. The highest BCUT2D eigenvalue weighted by Crippen LogP contribution is 2.46. The van der Waals surface area contributed by atoms with Gasteiger partial charge in [0.25, 0.3) is 0 Å². The molecule has 2 N–H and O–H groups in total. The number of aliphatic hydroxyl groups is 2. The van der Waals surface area contributed by atoms with Crippen LogP contribution in [0.3, 0.4) is 0 Å². The minimum Gasteiger partial charge on any atom is -0.780 e. The molecule has 0 aromatic carbocycles. The zero-order valence-corrected chi connectivity index (χ0v) is 32.1. The van der Waals surface area contributed by atoms with Crippen molar-refractivity contribution in [1.82, 2.24) is 0 Å². The summed E-state index contributed by atoms with van der Waals surface area (Å²) >= 11 is 9.93. The number of hydrogen-bond donors (Lipinski definition) is 2. The van der Waals surface area contributed by atoms with E-state index >= 15 is 0 Å². The Labute approximate surface area is 293 Å². The van der Waals surface area contributed by atoms with E-state index in [9.17, 15) is 20.0 Å². The van der Waals surface area contributed by atoms with Crippen molar-refractivity contribution in [1.29, 1.82) is 0 Å². The van der Waals surface area contributed by atoms with Crippen LogP contribution < -0.4 is 9.79 Å². The molecule has 284 valence electrons. The molecule has 4 unspecified atom stereocenters. The Morgan fingerprint density at radius 2 is 1.04 bits per heavy atom. The lowest BCUT2D eigenvalue weighted by atomic mass is 10.1. The second-order valence-electron chi connectivity index (χ2n) is 12.3. The molecule has 16 nitrogen and oxygen atoms in total. The van der Waals surface area contributed by atoms with Crippen molar-refractivity contribution in [2.24, 2.45) is 0 Å². The smallest absolute Gasteiger partial charge is 0.121 e. The molecule has 20 heteroatoms. The number of ether oxygens (including phenoxy) is 8. The first kappa shape index (κ1) is 43.1. The maximum absolute atomic E-state index is 12.5. The molecule has 0 radical (unpaired) electrons. The van der Waals surface area contributed by atoms with Crippen molar-refractivity contribution in [3.63, 3.8) is 0 Å². The van der Waals surface area contributed by atoms with Crippen LogP contribution in [0.4, 0.5) is 0 Å². The monoisotopic (exact) mass is 770 g/mol. The minimum atomic E-state index is -3.92. The van der Waals surface area contributed by atoms with E-state index in [4.69, 9.17) is 79.6 Å². The van der Waals surface area contributed by atoms with Crippen LogP contribution >= 0.6 is 13.4 Å². The van der Waals surface area contributed by atoms with Crippen LogP contribution in [0.5, 0.6) is 0 Å². The van der Waals surface area contributed by atoms with E-state index in [0.717, 1.165) is 6.42 Å². The molecule has 0 bridgehead atoms. The van der Waals surface area contributed by atoms with E-state index < -0.39 is 68.4 Å². The van der Waals surface area contributed by atoms with E-state index in [-0.39, 0.29) is 50.3 Å². The molecule has 0 spiro atoms. The maximum atomic E-state index is 12.5. The van der Waals surface area contributed by atoms with Crippen LogP contribution in [-0.4, -0.2) is 151 Å². The SMILES string of the molecule is COC[C@H]1O[C@@H](C)C(O)[C@H]1OP([O-])(=S)OC[C@H]1O[C@@H](C)C(O)[C@H]1OC.COC[C@H]1O[C@@H](C)C[C@H]1OP([O-])(=S)OC[C@H]1O[C@@H](C)C[C@H]1OC. The van der Waals surface area contributed by atoms with E-state index in [0.29, 0.717) is 13.0 Å². The van der Waals surface area contributed by atoms with Gasteiger partial charge in [0.05, 0.1) is 63.1 Å². The number of methoxy groups -OCH3 is 4. The Bertz CT molecular complexity index is 1060. The lowest BCUT2D eigenvalue weighted by Crippen LogP contribution is -2.38. The summed E-state index contributed by atoms with van der Waals surface area (Å²) in [6.07, 6.45) is -5.14. The van der Waals surface area contributed by atoms with E-state index in [1.165, 1.54) is 14.2 Å². The molecule has 4 heterocycles. The average Bonchev–Trinajstić information content (AvgIpc) is 3.71. The Morgan fingerprint density at radius 1 is 0.604 bits per heavy atom. The van der Waals surface area contributed by atoms with Gasteiger partial charge < -0.3 is 76.0 Å². The van der Waals surface area contributed by atoms with Gasteiger partial charge in [-0.05, 0) is 27.7 Å². The van der Waals surface area contributed by atoms with Crippen molar-refractivity contribution < 1.29 is 76.0 Å². The van der Waals surface area contributed by atoms with E-state index in [1.54, 1.807) is 28.1 Å². The van der Waals surface area contributed by atoms with Gasteiger partial charge in [0.15, 0.2) is 0 Å². The summed E-state index contributed by atoms with van der Waals surface area (Å²) in [5.74, 6) is 0.